The monoisotopic (exact) mass is 376 g/mol. The molecule has 0 aliphatic carbocycles. The zero-order valence-corrected chi connectivity index (χ0v) is 16.9. The molecule has 0 unspecified atom stereocenters. The summed E-state index contributed by atoms with van der Waals surface area (Å²) < 4.78 is 11.5. The number of carbonyl (C=O) groups is 1. The second-order valence-electron chi connectivity index (χ2n) is 8.74. The van der Waals surface area contributed by atoms with Gasteiger partial charge in [0.05, 0.1) is 12.6 Å². The van der Waals surface area contributed by atoms with Gasteiger partial charge in [0.25, 0.3) is 0 Å². The number of ether oxygens (including phenoxy) is 2. The Morgan fingerprint density at radius 2 is 2.04 bits per heavy atom. The average Bonchev–Trinajstić information content (AvgIpc) is 2.61. The van der Waals surface area contributed by atoms with Gasteiger partial charge in [-0.2, -0.15) is 0 Å². The smallest absolute Gasteiger partial charge is 0.317 e. The normalized spacial score (nSPS) is 23.1. The van der Waals surface area contributed by atoms with Crippen LogP contribution in [0.4, 0.5) is 4.79 Å². The fourth-order valence-electron chi connectivity index (χ4n) is 4.09. The van der Waals surface area contributed by atoms with Crippen molar-refractivity contribution in [3.63, 3.8) is 0 Å². The van der Waals surface area contributed by atoms with Gasteiger partial charge in [-0.3, -0.25) is 0 Å². The van der Waals surface area contributed by atoms with E-state index in [9.17, 15) is 9.90 Å². The summed E-state index contributed by atoms with van der Waals surface area (Å²) in [7, 11) is 1.79. The first-order valence-electron chi connectivity index (χ1n) is 9.73. The third kappa shape index (κ3) is 4.55. The Balaban J connectivity index is 1.71. The Morgan fingerprint density at radius 1 is 1.33 bits per heavy atom. The first-order chi connectivity index (χ1) is 12.7. The van der Waals surface area contributed by atoms with E-state index in [0.717, 1.165) is 29.7 Å². The first-order valence-corrected chi connectivity index (χ1v) is 9.73. The van der Waals surface area contributed by atoms with Crippen molar-refractivity contribution in [3.05, 3.63) is 29.3 Å². The van der Waals surface area contributed by atoms with Gasteiger partial charge in [-0.05, 0) is 45.2 Å². The van der Waals surface area contributed by atoms with Crippen LogP contribution in [0.2, 0.25) is 0 Å². The first kappa shape index (κ1) is 20.0. The summed E-state index contributed by atoms with van der Waals surface area (Å²) >= 11 is 0. The van der Waals surface area contributed by atoms with Gasteiger partial charge in [0, 0.05) is 44.2 Å². The molecule has 2 N–H and O–H groups in total. The number of amides is 2. The van der Waals surface area contributed by atoms with Crippen molar-refractivity contribution < 1.29 is 19.4 Å². The second kappa shape index (κ2) is 7.68. The van der Waals surface area contributed by atoms with Gasteiger partial charge >= 0.3 is 6.03 Å². The van der Waals surface area contributed by atoms with E-state index in [1.807, 2.05) is 39.0 Å². The van der Waals surface area contributed by atoms with Crippen LogP contribution in [-0.4, -0.2) is 55.1 Å². The lowest BCUT2D eigenvalue weighted by Crippen LogP contribution is -2.49. The van der Waals surface area contributed by atoms with E-state index in [4.69, 9.17) is 9.47 Å². The fraction of sp³-hybridized carbons (Fsp3) is 0.667. The van der Waals surface area contributed by atoms with Crippen LogP contribution in [0, 0.1) is 12.3 Å². The van der Waals surface area contributed by atoms with Crippen molar-refractivity contribution in [2.24, 2.45) is 5.41 Å². The Labute approximate surface area is 161 Å². The maximum Gasteiger partial charge on any atom is 0.317 e. The SMILES string of the molecule is Cc1ccc2c(c1)OC(C)(C)C[C@@H]2NC(=O)N(C)CC1(CO)CCOCC1. The molecule has 0 aromatic heterocycles. The molecule has 1 fully saturated rings. The minimum atomic E-state index is -0.343. The minimum Gasteiger partial charge on any atom is -0.487 e. The van der Waals surface area contributed by atoms with Crippen LogP contribution in [0.15, 0.2) is 18.2 Å². The molecule has 1 saturated heterocycles. The van der Waals surface area contributed by atoms with E-state index in [0.29, 0.717) is 26.2 Å². The molecule has 27 heavy (non-hydrogen) atoms. The van der Waals surface area contributed by atoms with Crippen LogP contribution in [0.3, 0.4) is 0 Å². The van der Waals surface area contributed by atoms with Gasteiger partial charge < -0.3 is 24.8 Å². The Hall–Kier alpha value is -1.79. The van der Waals surface area contributed by atoms with Gasteiger partial charge in [0.2, 0.25) is 0 Å². The topological polar surface area (TPSA) is 71.0 Å². The number of rotatable bonds is 4. The molecule has 1 aromatic carbocycles. The van der Waals surface area contributed by atoms with Crippen LogP contribution in [0.25, 0.3) is 0 Å². The number of hydrogen-bond donors (Lipinski definition) is 2. The predicted octanol–water partition coefficient (Wildman–Crippen LogP) is 3.03. The van der Waals surface area contributed by atoms with E-state index in [2.05, 4.69) is 5.32 Å². The van der Waals surface area contributed by atoms with Crippen molar-refractivity contribution in [2.75, 3.05) is 33.4 Å². The van der Waals surface area contributed by atoms with Crippen molar-refractivity contribution in [3.8, 4) is 5.75 Å². The van der Waals surface area contributed by atoms with Crippen molar-refractivity contribution in [1.82, 2.24) is 10.2 Å². The molecule has 150 valence electrons. The number of aryl methyl sites for hydroxylation is 1. The maximum atomic E-state index is 12.9. The Bertz CT molecular complexity index is 683. The Morgan fingerprint density at radius 3 is 2.70 bits per heavy atom. The molecule has 6 heteroatoms. The number of fused-ring (bicyclic) bond motifs is 1. The van der Waals surface area contributed by atoms with Crippen LogP contribution in [0.1, 0.15) is 50.3 Å². The molecule has 6 nitrogen and oxygen atoms in total. The predicted molar refractivity (Wildman–Crippen MR) is 104 cm³/mol. The largest absolute Gasteiger partial charge is 0.487 e. The number of nitrogens with one attached hydrogen (secondary N) is 1. The molecular weight excluding hydrogens is 344 g/mol. The van der Waals surface area contributed by atoms with Gasteiger partial charge in [-0.15, -0.1) is 0 Å². The summed E-state index contributed by atoms with van der Waals surface area (Å²) in [5, 5.41) is 13.1. The van der Waals surface area contributed by atoms with Crippen molar-refractivity contribution >= 4 is 6.03 Å². The molecule has 2 aliphatic heterocycles. The fourth-order valence-corrected chi connectivity index (χ4v) is 4.09. The molecule has 1 atom stereocenters. The van der Waals surface area contributed by atoms with Gasteiger partial charge in [0.15, 0.2) is 0 Å². The minimum absolute atomic E-state index is 0.0698. The van der Waals surface area contributed by atoms with Crippen molar-refractivity contribution in [1.29, 1.82) is 0 Å². The molecule has 1 aromatic rings. The third-order valence-corrected chi connectivity index (χ3v) is 5.73. The zero-order chi connectivity index (χ0) is 19.7. The molecule has 3 rings (SSSR count). The highest BCUT2D eigenvalue weighted by Crippen LogP contribution is 2.40. The maximum absolute atomic E-state index is 12.9. The molecule has 0 saturated carbocycles. The van der Waals surface area contributed by atoms with Gasteiger partial charge in [-0.1, -0.05) is 12.1 Å². The van der Waals surface area contributed by atoms with E-state index in [1.165, 1.54) is 0 Å². The number of nitrogens with zero attached hydrogens (tertiary/aromatic N) is 1. The molecule has 0 bridgehead atoms. The molecular formula is C21H32N2O4. The highest BCUT2D eigenvalue weighted by atomic mass is 16.5. The lowest BCUT2D eigenvalue weighted by Gasteiger charge is -2.40. The summed E-state index contributed by atoms with van der Waals surface area (Å²) in [5.74, 6) is 0.843. The highest BCUT2D eigenvalue weighted by Gasteiger charge is 2.37. The third-order valence-electron chi connectivity index (χ3n) is 5.73. The summed E-state index contributed by atoms with van der Waals surface area (Å²) in [6.45, 7) is 7.99. The van der Waals surface area contributed by atoms with E-state index in [-0.39, 0.29) is 29.7 Å². The van der Waals surface area contributed by atoms with Crippen LogP contribution in [0.5, 0.6) is 5.75 Å². The molecule has 2 aliphatic rings. The Kier molecular flexibility index (Phi) is 5.68. The average molecular weight is 376 g/mol. The molecule has 2 amide bonds. The standard InChI is InChI=1S/C21H32N2O4/c1-15-5-6-16-17(12-20(2,3)27-18(16)11-15)22-19(25)23(4)13-21(14-24)7-9-26-10-8-21/h5-6,11,17,24H,7-10,12-14H2,1-4H3,(H,22,25)/t17-/m0/s1. The molecule has 2 heterocycles. The number of benzene rings is 1. The summed E-state index contributed by atoms with van der Waals surface area (Å²) in [6.07, 6.45) is 2.25. The van der Waals surface area contributed by atoms with Crippen LogP contribution >= 0.6 is 0 Å². The highest BCUT2D eigenvalue weighted by molar-refractivity contribution is 5.74. The van der Waals surface area contributed by atoms with Gasteiger partial charge in [0.1, 0.15) is 11.4 Å². The molecule has 0 spiro atoms. The second-order valence-corrected chi connectivity index (χ2v) is 8.74. The number of aliphatic hydroxyl groups excluding tert-OH is 1. The van der Waals surface area contributed by atoms with E-state index < -0.39 is 0 Å². The number of aliphatic hydroxyl groups is 1. The van der Waals surface area contributed by atoms with Crippen LogP contribution < -0.4 is 10.1 Å². The van der Waals surface area contributed by atoms with Gasteiger partial charge in [-0.25, -0.2) is 4.79 Å². The number of hydrogen-bond acceptors (Lipinski definition) is 4. The lowest BCUT2D eigenvalue weighted by atomic mass is 9.80. The number of urea groups is 1. The van der Waals surface area contributed by atoms with E-state index in [1.54, 1.807) is 11.9 Å². The lowest BCUT2D eigenvalue weighted by molar-refractivity contribution is -0.0263. The summed E-state index contributed by atoms with van der Waals surface area (Å²) in [4.78, 5) is 14.6. The quantitative estimate of drug-likeness (QED) is 0.847. The van der Waals surface area contributed by atoms with Crippen molar-refractivity contribution in [2.45, 2.75) is 51.7 Å². The zero-order valence-electron chi connectivity index (χ0n) is 16.9. The summed E-state index contributed by atoms with van der Waals surface area (Å²) in [6, 6.07) is 5.90. The molecule has 0 radical (unpaired) electrons. The van der Waals surface area contributed by atoms with Crippen LogP contribution in [-0.2, 0) is 4.74 Å². The summed E-state index contributed by atoms with van der Waals surface area (Å²) in [5.41, 5.74) is 1.54. The van der Waals surface area contributed by atoms with E-state index >= 15 is 0 Å². The number of carbonyl (C=O) groups excluding carboxylic acids is 1.